The van der Waals surface area contributed by atoms with Crippen LogP contribution in [0, 0.1) is 0 Å². The molecule has 0 radical (unpaired) electrons. The minimum absolute atomic E-state index is 0.330. The van der Waals surface area contributed by atoms with Crippen molar-refractivity contribution in [2.24, 2.45) is 0 Å². The van der Waals surface area contributed by atoms with Crippen molar-refractivity contribution in [3.8, 4) is 0 Å². The molecule has 0 fully saturated rings. The van der Waals surface area contributed by atoms with E-state index in [0.717, 1.165) is 0 Å². The zero-order valence-electron chi connectivity index (χ0n) is 6.89. The van der Waals surface area contributed by atoms with Crippen molar-refractivity contribution in [1.29, 1.82) is 0 Å². The van der Waals surface area contributed by atoms with E-state index in [9.17, 15) is 13.2 Å². The van der Waals surface area contributed by atoms with Crippen LogP contribution in [0.3, 0.4) is 0 Å². The summed E-state index contributed by atoms with van der Waals surface area (Å²) in [7, 11) is 0. The number of aromatic nitrogens is 2. The van der Waals surface area contributed by atoms with E-state index in [1.807, 2.05) is 0 Å². The van der Waals surface area contributed by atoms with Gasteiger partial charge in [0.15, 0.2) is 0 Å². The summed E-state index contributed by atoms with van der Waals surface area (Å²) < 4.78 is 36.9. The molecule has 1 atom stereocenters. The van der Waals surface area contributed by atoms with Gasteiger partial charge in [-0.1, -0.05) is 0 Å². The number of nitrogens with one attached hydrogen (secondary N) is 1. The number of alkyl halides is 3. The van der Waals surface area contributed by atoms with E-state index in [2.05, 4.69) is 9.97 Å². The predicted octanol–water partition coefficient (Wildman–Crippen LogP) is 1.14. The zero-order valence-corrected chi connectivity index (χ0v) is 8.99. The summed E-state index contributed by atoms with van der Waals surface area (Å²) in [6.45, 7) is 0. The number of nitrogens with zero attached hydrogens (tertiary/aromatic N) is 1. The molecule has 1 aromatic heterocycles. The summed E-state index contributed by atoms with van der Waals surface area (Å²) in [6, 6.07) is 4.83. The molecule has 0 aliphatic heterocycles. The topological polar surface area (TPSA) is 28.7 Å². The van der Waals surface area contributed by atoms with Gasteiger partial charge >= 0.3 is 83.8 Å². The van der Waals surface area contributed by atoms with Gasteiger partial charge < -0.3 is 0 Å². The quantitative estimate of drug-likeness (QED) is 0.767. The van der Waals surface area contributed by atoms with Gasteiger partial charge in [0.05, 0.1) is 0 Å². The second-order valence-corrected chi connectivity index (χ2v) is 5.57. The fourth-order valence-electron chi connectivity index (χ4n) is 1.22. The van der Waals surface area contributed by atoms with Gasteiger partial charge in [-0.05, 0) is 0 Å². The molecule has 14 heavy (non-hydrogen) atoms. The summed E-state index contributed by atoms with van der Waals surface area (Å²) in [5, 5.41) is 0. The van der Waals surface area contributed by atoms with Gasteiger partial charge in [-0.2, -0.15) is 0 Å². The molecule has 0 spiro atoms. The number of benzene rings is 1. The molecule has 1 unspecified atom stereocenters. The molecule has 0 bridgehead atoms. The molecule has 6 heteroatoms. The Morgan fingerprint density at radius 1 is 1.29 bits per heavy atom. The van der Waals surface area contributed by atoms with Crippen molar-refractivity contribution in [3.63, 3.8) is 0 Å². The van der Waals surface area contributed by atoms with Crippen LogP contribution in [-0.4, -0.2) is 30.7 Å². The maximum atomic E-state index is 12.2. The van der Waals surface area contributed by atoms with Crippen LogP contribution in [0.5, 0.6) is 0 Å². The fraction of sp³-hybridized carbons (Fsp3) is 0.125. The number of para-hydroxylation sites is 1. The number of hydrogen-bond donors (Lipinski definition) is 1. The van der Waals surface area contributed by atoms with E-state index >= 15 is 0 Å². The summed E-state index contributed by atoms with van der Waals surface area (Å²) >= 11 is -2.12. The van der Waals surface area contributed by atoms with Gasteiger partial charge in [0.1, 0.15) is 0 Å². The Hall–Kier alpha value is -0.962. The third kappa shape index (κ3) is 1.92. The van der Waals surface area contributed by atoms with E-state index in [1.165, 1.54) is 12.4 Å². The molecule has 0 saturated carbocycles. The molecule has 0 saturated heterocycles. The van der Waals surface area contributed by atoms with Crippen molar-refractivity contribution < 1.29 is 13.2 Å². The molecule has 1 N–H and O–H groups in total. The van der Waals surface area contributed by atoms with Crippen LogP contribution in [0.2, 0.25) is 0 Å². The Balaban J connectivity index is 2.46. The van der Waals surface area contributed by atoms with Gasteiger partial charge in [-0.3, -0.25) is 0 Å². The number of H-pyrrole nitrogens is 1. The molecule has 74 valence electrons. The monoisotopic (exact) mass is 262 g/mol. The molecule has 2 aromatic rings. The predicted molar refractivity (Wildman–Crippen MR) is 48.9 cm³/mol. The van der Waals surface area contributed by atoms with E-state index in [4.69, 9.17) is 0 Å². The van der Waals surface area contributed by atoms with Crippen LogP contribution >= 0.6 is 0 Å². The van der Waals surface area contributed by atoms with Gasteiger partial charge in [-0.25, -0.2) is 0 Å². The molecule has 0 amide bonds. The average molecular weight is 262 g/mol. The van der Waals surface area contributed by atoms with Gasteiger partial charge in [0.2, 0.25) is 0 Å². The summed E-state index contributed by atoms with van der Waals surface area (Å²) in [6.07, 6.45) is 1.41. The molecule has 0 aliphatic carbocycles. The first-order valence-electron chi connectivity index (χ1n) is 3.83. The van der Waals surface area contributed by atoms with Crippen molar-refractivity contribution in [2.75, 3.05) is 0 Å². The Labute approximate surface area is 84.2 Å². The average Bonchev–Trinajstić information content (AvgIpc) is 2.49. The number of halogens is 3. The SMILES string of the molecule is FC(F)(F)[AsH]c1cccc2[nH]cnc12. The van der Waals surface area contributed by atoms with E-state index < -0.39 is 20.7 Å². The van der Waals surface area contributed by atoms with E-state index in [1.54, 1.807) is 12.1 Å². The first-order chi connectivity index (χ1) is 6.56. The van der Waals surface area contributed by atoms with Crippen molar-refractivity contribution in [1.82, 2.24) is 9.97 Å². The molecule has 2 nitrogen and oxygen atoms in total. The summed E-state index contributed by atoms with van der Waals surface area (Å²) in [4.78, 5) is 2.60. The Morgan fingerprint density at radius 2 is 2.07 bits per heavy atom. The van der Waals surface area contributed by atoms with E-state index in [-0.39, 0.29) is 0 Å². The van der Waals surface area contributed by atoms with E-state index in [0.29, 0.717) is 15.4 Å². The molecule has 0 aliphatic rings. The number of aromatic amines is 1. The third-order valence-electron chi connectivity index (χ3n) is 1.73. The van der Waals surface area contributed by atoms with Crippen LogP contribution < -0.4 is 4.35 Å². The summed E-state index contributed by atoms with van der Waals surface area (Å²) in [5.41, 5.74) is 1.11. The molecule has 1 aromatic carbocycles. The van der Waals surface area contributed by atoms with Crippen molar-refractivity contribution in [3.05, 3.63) is 24.5 Å². The van der Waals surface area contributed by atoms with Crippen LogP contribution in [0.15, 0.2) is 24.5 Å². The standard InChI is InChI=1S/C8H6AsF3N2/c10-8(11,12)9-5-2-1-3-6-7(5)14-4-13-6/h1-4,9H,(H,13,14). The Bertz CT molecular complexity index is 449. The molecule has 2 rings (SSSR count). The summed E-state index contributed by atoms with van der Waals surface area (Å²) in [5.74, 6) is 0. The molecular formula is C8H6AsF3N2. The third-order valence-corrected chi connectivity index (χ3v) is 3.73. The van der Waals surface area contributed by atoms with Crippen molar-refractivity contribution >= 4 is 31.1 Å². The van der Waals surface area contributed by atoms with Crippen molar-refractivity contribution in [2.45, 2.75) is 4.96 Å². The molecule has 1 heterocycles. The van der Waals surface area contributed by atoms with Gasteiger partial charge in [0, 0.05) is 0 Å². The van der Waals surface area contributed by atoms with Gasteiger partial charge in [-0.15, -0.1) is 0 Å². The second kappa shape index (κ2) is 3.31. The van der Waals surface area contributed by atoms with Crippen LogP contribution in [0.4, 0.5) is 13.2 Å². The number of rotatable bonds is 1. The number of hydrogen-bond acceptors (Lipinski definition) is 1. The zero-order chi connectivity index (χ0) is 10.2. The minimum atomic E-state index is -4.06. The maximum absolute atomic E-state index is 12.2. The Kier molecular flexibility index (Phi) is 2.27. The first kappa shape index (κ1) is 9.59. The number of imidazole rings is 1. The van der Waals surface area contributed by atoms with Crippen LogP contribution in [0.1, 0.15) is 0 Å². The van der Waals surface area contributed by atoms with Crippen LogP contribution in [0.25, 0.3) is 11.0 Å². The number of fused-ring (bicyclic) bond motifs is 1. The normalized spacial score (nSPS) is 13.1. The van der Waals surface area contributed by atoms with Gasteiger partial charge in [0.25, 0.3) is 0 Å². The Morgan fingerprint density at radius 3 is 2.79 bits per heavy atom. The second-order valence-electron chi connectivity index (χ2n) is 2.73. The first-order valence-corrected chi connectivity index (χ1v) is 5.93. The fourth-order valence-corrected chi connectivity index (χ4v) is 2.90. The molecular weight excluding hydrogens is 256 g/mol. The van der Waals surface area contributed by atoms with Crippen LogP contribution in [-0.2, 0) is 0 Å².